The van der Waals surface area contributed by atoms with Crippen LogP contribution >= 0.6 is 11.6 Å². The Hall–Kier alpha value is -2.05. The minimum absolute atomic E-state index is 0.261. The Morgan fingerprint density at radius 2 is 1.17 bits per heavy atom. The average Bonchev–Trinajstić information content (AvgIpc) is 3.09. The van der Waals surface area contributed by atoms with E-state index in [4.69, 9.17) is 11.6 Å². The van der Waals surface area contributed by atoms with Gasteiger partial charge in [-0.05, 0) is 0 Å². The van der Waals surface area contributed by atoms with Crippen molar-refractivity contribution in [2.24, 2.45) is 0 Å². The predicted octanol–water partition coefficient (Wildman–Crippen LogP) is 6.40. The van der Waals surface area contributed by atoms with Crippen molar-refractivity contribution in [2.45, 2.75) is 0 Å². The van der Waals surface area contributed by atoms with Crippen LogP contribution in [-0.4, -0.2) is 14.5 Å². The Bertz CT molecular complexity index is 956. The molecule has 0 saturated heterocycles. The molecule has 0 aliphatic rings. The molecule has 0 atom stereocenters. The van der Waals surface area contributed by atoms with Gasteiger partial charge in [0.25, 0.3) is 0 Å². The van der Waals surface area contributed by atoms with Gasteiger partial charge in [0.05, 0.1) is 0 Å². The molecule has 0 saturated carbocycles. The van der Waals surface area contributed by atoms with E-state index in [0.29, 0.717) is 0 Å². The summed E-state index contributed by atoms with van der Waals surface area (Å²) in [7, 11) is 0. The van der Waals surface area contributed by atoms with Crippen molar-refractivity contribution in [3.63, 3.8) is 0 Å². The third-order valence-corrected chi connectivity index (χ3v) is 6.91. The Kier molecular flexibility index (Phi) is 4.40. The molecule has 0 spiro atoms. The first-order valence-electron chi connectivity index (χ1n) is 7.82. The van der Waals surface area contributed by atoms with Crippen molar-refractivity contribution >= 4 is 26.1 Å². The van der Waals surface area contributed by atoms with E-state index in [1.807, 2.05) is 12.1 Å². The Morgan fingerprint density at radius 3 is 1.83 bits per heavy atom. The summed E-state index contributed by atoms with van der Waals surface area (Å²) in [6.07, 6.45) is 0. The molecule has 0 radical (unpaired) electrons. The van der Waals surface area contributed by atoms with Gasteiger partial charge in [0.1, 0.15) is 0 Å². The maximum absolute atomic E-state index is 6.49. The second-order valence-electron chi connectivity index (χ2n) is 5.57. The molecule has 0 aliphatic heterocycles. The molecule has 0 nitrogen and oxygen atoms in total. The van der Waals surface area contributed by atoms with E-state index in [1.165, 1.54) is 25.6 Å². The topological polar surface area (TPSA) is 0 Å². The van der Waals surface area contributed by atoms with Crippen LogP contribution in [0.1, 0.15) is 0 Å². The molecule has 0 aliphatic carbocycles. The van der Waals surface area contributed by atoms with E-state index in [1.54, 1.807) is 0 Å². The van der Waals surface area contributed by atoms with Crippen LogP contribution in [0.15, 0.2) is 91.0 Å². The van der Waals surface area contributed by atoms with Crippen molar-refractivity contribution in [3.05, 3.63) is 96.0 Å². The molecule has 0 bridgehead atoms. The normalized spacial score (nSPS) is 10.7. The van der Waals surface area contributed by atoms with E-state index in [-0.39, 0.29) is 14.5 Å². The van der Waals surface area contributed by atoms with Gasteiger partial charge in [0.2, 0.25) is 0 Å². The fraction of sp³-hybridized carbons (Fsp3) is 0. The second kappa shape index (κ2) is 6.83. The first-order valence-corrected chi connectivity index (χ1v) is 9.91. The number of halogens is 1. The molecule has 0 amide bonds. The van der Waals surface area contributed by atoms with Crippen LogP contribution in [0.3, 0.4) is 0 Å². The van der Waals surface area contributed by atoms with Gasteiger partial charge in [-0.3, -0.25) is 0 Å². The first kappa shape index (κ1) is 15.5. The quantitative estimate of drug-likeness (QED) is 0.353. The molecule has 116 valence electrons. The molecule has 1 aromatic heterocycles. The van der Waals surface area contributed by atoms with Crippen LogP contribution in [0.25, 0.3) is 31.1 Å². The number of hydrogen-bond donors (Lipinski definition) is 0. The Morgan fingerprint density at radius 1 is 0.583 bits per heavy atom. The van der Waals surface area contributed by atoms with Crippen molar-refractivity contribution in [2.75, 3.05) is 0 Å². The fourth-order valence-electron chi connectivity index (χ4n) is 2.82. The van der Waals surface area contributed by atoms with Crippen LogP contribution in [0, 0.1) is 0 Å². The molecule has 24 heavy (non-hydrogen) atoms. The summed E-state index contributed by atoms with van der Waals surface area (Å²) in [5, 5.41) is 0.808. The van der Waals surface area contributed by atoms with E-state index in [0.717, 1.165) is 10.6 Å². The van der Waals surface area contributed by atoms with E-state index >= 15 is 0 Å². The zero-order chi connectivity index (χ0) is 16.4. The number of benzene rings is 3. The number of rotatable bonds is 3. The fourth-order valence-corrected chi connectivity index (χ4v) is 5.54. The van der Waals surface area contributed by atoms with Crippen molar-refractivity contribution < 1.29 is 0 Å². The zero-order valence-electron chi connectivity index (χ0n) is 12.9. The van der Waals surface area contributed by atoms with Gasteiger partial charge in [0.15, 0.2) is 0 Å². The van der Waals surface area contributed by atoms with Gasteiger partial charge in [-0.2, -0.15) is 0 Å². The van der Waals surface area contributed by atoms with Crippen molar-refractivity contribution in [1.29, 1.82) is 0 Å². The SMILES string of the molecule is Clc1ccccc1-c1cc(-c2ccccc2)[se]c1-c1ccccc1. The van der Waals surface area contributed by atoms with Crippen LogP contribution in [-0.2, 0) is 0 Å². The summed E-state index contributed by atoms with van der Waals surface area (Å²) in [5.41, 5.74) is 4.96. The van der Waals surface area contributed by atoms with Crippen LogP contribution in [0.2, 0.25) is 5.02 Å². The average molecular weight is 394 g/mol. The molecule has 4 rings (SSSR count). The third kappa shape index (κ3) is 2.99. The van der Waals surface area contributed by atoms with Gasteiger partial charge in [0, 0.05) is 0 Å². The summed E-state index contributed by atoms with van der Waals surface area (Å²) in [4.78, 5) is 0. The monoisotopic (exact) mass is 394 g/mol. The minimum atomic E-state index is 0.261. The molecule has 0 fully saturated rings. The Labute approximate surface area is 153 Å². The molecule has 4 aromatic rings. The van der Waals surface area contributed by atoms with Crippen LogP contribution in [0.5, 0.6) is 0 Å². The maximum atomic E-state index is 6.49. The first-order chi connectivity index (χ1) is 11.8. The van der Waals surface area contributed by atoms with Gasteiger partial charge in [-0.1, -0.05) is 0 Å². The van der Waals surface area contributed by atoms with Gasteiger partial charge in [-0.15, -0.1) is 0 Å². The van der Waals surface area contributed by atoms with E-state index in [9.17, 15) is 0 Å². The Balaban J connectivity index is 1.94. The molecule has 3 aromatic carbocycles. The zero-order valence-corrected chi connectivity index (χ0v) is 15.4. The van der Waals surface area contributed by atoms with Gasteiger partial charge in [-0.25, -0.2) is 0 Å². The summed E-state index contributed by atoms with van der Waals surface area (Å²) in [5.74, 6) is 0. The van der Waals surface area contributed by atoms with Crippen LogP contribution in [0.4, 0.5) is 0 Å². The molecule has 0 N–H and O–H groups in total. The summed E-state index contributed by atoms with van der Waals surface area (Å²) in [6, 6.07) is 31.7. The standard InChI is InChI=1S/C22H15ClSe/c23-20-14-8-7-13-18(20)19-15-21(16-9-3-1-4-10-16)24-22(19)17-11-5-2-6-12-17/h1-15H. The van der Waals surface area contributed by atoms with E-state index in [2.05, 4.69) is 78.9 Å². The van der Waals surface area contributed by atoms with Gasteiger partial charge >= 0.3 is 153 Å². The molecular formula is C22H15ClSe. The molecule has 0 unspecified atom stereocenters. The molecule has 2 heteroatoms. The molecular weight excluding hydrogens is 379 g/mol. The predicted molar refractivity (Wildman–Crippen MR) is 105 cm³/mol. The van der Waals surface area contributed by atoms with Crippen molar-refractivity contribution in [1.82, 2.24) is 0 Å². The van der Waals surface area contributed by atoms with Crippen molar-refractivity contribution in [3.8, 4) is 31.1 Å². The molecule has 1 heterocycles. The summed E-state index contributed by atoms with van der Waals surface area (Å²) < 4.78 is 2.80. The van der Waals surface area contributed by atoms with Gasteiger partial charge < -0.3 is 0 Å². The number of hydrogen-bond acceptors (Lipinski definition) is 0. The van der Waals surface area contributed by atoms with E-state index < -0.39 is 0 Å². The second-order valence-corrected chi connectivity index (χ2v) is 8.18. The third-order valence-electron chi connectivity index (χ3n) is 3.99. The van der Waals surface area contributed by atoms with Crippen LogP contribution < -0.4 is 0 Å². The summed E-state index contributed by atoms with van der Waals surface area (Å²) in [6.45, 7) is 0. The summed E-state index contributed by atoms with van der Waals surface area (Å²) >= 11 is 6.76.